The summed E-state index contributed by atoms with van der Waals surface area (Å²) in [7, 11) is 1.63. The van der Waals surface area contributed by atoms with Gasteiger partial charge in [0, 0.05) is 23.2 Å². The van der Waals surface area contributed by atoms with Gasteiger partial charge in [0.1, 0.15) is 17.8 Å². The van der Waals surface area contributed by atoms with Crippen LogP contribution >= 0.6 is 11.3 Å². The zero-order valence-electron chi connectivity index (χ0n) is 13.3. The number of hydrogen-bond acceptors (Lipinski definition) is 7. The second kappa shape index (κ2) is 7.65. The SMILES string of the molecule is COc1cccc(Nc2ncnc(NCCc3cccs3)c2N)c1. The van der Waals surface area contributed by atoms with Gasteiger partial charge in [0.15, 0.2) is 11.6 Å². The van der Waals surface area contributed by atoms with Gasteiger partial charge in [-0.3, -0.25) is 0 Å². The van der Waals surface area contributed by atoms with Crippen molar-refractivity contribution >= 4 is 34.3 Å². The fraction of sp³-hybridized carbons (Fsp3) is 0.176. The van der Waals surface area contributed by atoms with E-state index in [0.29, 0.717) is 17.3 Å². The van der Waals surface area contributed by atoms with Crippen LogP contribution in [0.1, 0.15) is 4.88 Å². The summed E-state index contributed by atoms with van der Waals surface area (Å²) < 4.78 is 5.22. The molecule has 0 saturated heterocycles. The van der Waals surface area contributed by atoms with Crippen molar-refractivity contribution in [1.82, 2.24) is 9.97 Å². The van der Waals surface area contributed by atoms with E-state index >= 15 is 0 Å². The molecule has 0 aliphatic rings. The maximum absolute atomic E-state index is 6.18. The number of ether oxygens (including phenoxy) is 1. The lowest BCUT2D eigenvalue weighted by molar-refractivity contribution is 0.415. The lowest BCUT2D eigenvalue weighted by atomic mass is 10.3. The van der Waals surface area contributed by atoms with Gasteiger partial charge in [-0.15, -0.1) is 11.3 Å². The Labute approximate surface area is 144 Å². The molecule has 3 aromatic rings. The van der Waals surface area contributed by atoms with E-state index in [2.05, 4.69) is 38.1 Å². The molecule has 0 unspecified atom stereocenters. The molecule has 2 aromatic heterocycles. The van der Waals surface area contributed by atoms with Crippen LogP contribution in [0.2, 0.25) is 0 Å². The molecule has 0 aliphatic heterocycles. The minimum absolute atomic E-state index is 0.492. The number of nitrogen functional groups attached to an aromatic ring is 1. The molecule has 0 aliphatic carbocycles. The zero-order valence-corrected chi connectivity index (χ0v) is 14.1. The molecule has 0 bridgehead atoms. The average Bonchev–Trinajstić information content (AvgIpc) is 3.12. The molecule has 124 valence electrons. The molecule has 1 aromatic carbocycles. The van der Waals surface area contributed by atoms with E-state index in [1.165, 1.54) is 11.2 Å². The number of aromatic nitrogens is 2. The highest BCUT2D eigenvalue weighted by atomic mass is 32.1. The number of anilines is 4. The monoisotopic (exact) mass is 341 g/mol. The van der Waals surface area contributed by atoms with Gasteiger partial charge in [0.2, 0.25) is 0 Å². The molecule has 3 rings (SSSR count). The van der Waals surface area contributed by atoms with Gasteiger partial charge >= 0.3 is 0 Å². The standard InChI is InChI=1S/C17H19N5OS/c1-23-13-5-2-4-12(10-13)22-17-15(18)16(20-11-21-17)19-8-7-14-6-3-9-24-14/h2-6,9-11H,7-8,18H2,1H3,(H2,19,20,21,22). The minimum atomic E-state index is 0.492. The van der Waals surface area contributed by atoms with E-state index in [1.54, 1.807) is 18.4 Å². The number of thiophene rings is 1. The highest BCUT2D eigenvalue weighted by Gasteiger charge is 2.08. The number of nitrogens with one attached hydrogen (secondary N) is 2. The van der Waals surface area contributed by atoms with Crippen LogP contribution in [0.4, 0.5) is 23.0 Å². The number of benzene rings is 1. The van der Waals surface area contributed by atoms with Gasteiger partial charge in [-0.1, -0.05) is 12.1 Å². The Bertz CT molecular complexity index is 791. The van der Waals surface area contributed by atoms with Crippen LogP contribution in [0.25, 0.3) is 0 Å². The van der Waals surface area contributed by atoms with Crippen molar-refractivity contribution in [2.24, 2.45) is 0 Å². The Hall–Kier alpha value is -2.80. The molecule has 0 saturated carbocycles. The molecule has 6 nitrogen and oxygen atoms in total. The van der Waals surface area contributed by atoms with E-state index in [1.807, 2.05) is 24.3 Å². The Morgan fingerprint density at radius 1 is 1.17 bits per heavy atom. The summed E-state index contributed by atoms with van der Waals surface area (Å²) >= 11 is 1.74. The maximum atomic E-state index is 6.18. The predicted molar refractivity (Wildman–Crippen MR) is 99.2 cm³/mol. The molecule has 0 fully saturated rings. The lowest BCUT2D eigenvalue weighted by Gasteiger charge is -2.12. The molecule has 0 amide bonds. The average molecular weight is 341 g/mol. The van der Waals surface area contributed by atoms with Crippen LogP contribution in [0.3, 0.4) is 0 Å². The molecule has 2 heterocycles. The topological polar surface area (TPSA) is 85.1 Å². The van der Waals surface area contributed by atoms with Crippen LogP contribution in [0.5, 0.6) is 5.75 Å². The summed E-state index contributed by atoms with van der Waals surface area (Å²) in [5, 5.41) is 8.54. The van der Waals surface area contributed by atoms with Crippen LogP contribution in [-0.2, 0) is 6.42 Å². The maximum Gasteiger partial charge on any atom is 0.159 e. The second-order valence-electron chi connectivity index (χ2n) is 5.10. The van der Waals surface area contributed by atoms with Crippen LogP contribution in [0.15, 0.2) is 48.1 Å². The van der Waals surface area contributed by atoms with Gasteiger partial charge < -0.3 is 21.1 Å². The Balaban J connectivity index is 1.68. The van der Waals surface area contributed by atoms with Crippen molar-refractivity contribution in [3.63, 3.8) is 0 Å². The molecule has 24 heavy (non-hydrogen) atoms. The molecular formula is C17H19N5OS. The molecule has 0 spiro atoms. The highest BCUT2D eigenvalue weighted by Crippen LogP contribution is 2.27. The van der Waals surface area contributed by atoms with E-state index < -0.39 is 0 Å². The van der Waals surface area contributed by atoms with Gasteiger partial charge in [-0.2, -0.15) is 0 Å². The Kier molecular flexibility index (Phi) is 5.12. The second-order valence-corrected chi connectivity index (χ2v) is 6.13. The van der Waals surface area contributed by atoms with Crippen molar-refractivity contribution in [1.29, 1.82) is 0 Å². The number of rotatable bonds is 7. The van der Waals surface area contributed by atoms with Crippen LogP contribution in [0, 0.1) is 0 Å². The zero-order chi connectivity index (χ0) is 16.8. The quantitative estimate of drug-likeness (QED) is 0.610. The Morgan fingerprint density at radius 3 is 2.83 bits per heavy atom. The van der Waals surface area contributed by atoms with Crippen molar-refractivity contribution < 1.29 is 4.74 Å². The highest BCUT2D eigenvalue weighted by molar-refractivity contribution is 7.09. The van der Waals surface area contributed by atoms with E-state index in [9.17, 15) is 0 Å². The summed E-state index contributed by atoms with van der Waals surface area (Å²) in [5.74, 6) is 1.96. The Morgan fingerprint density at radius 2 is 2.04 bits per heavy atom. The largest absolute Gasteiger partial charge is 0.497 e. The summed E-state index contributed by atoms with van der Waals surface area (Å²) in [6.07, 6.45) is 2.42. The predicted octanol–water partition coefficient (Wildman–Crippen LogP) is 3.53. The van der Waals surface area contributed by atoms with Crippen molar-refractivity contribution in [2.75, 3.05) is 30.0 Å². The molecule has 7 heteroatoms. The summed E-state index contributed by atoms with van der Waals surface area (Å²) in [4.78, 5) is 9.77. The van der Waals surface area contributed by atoms with Gasteiger partial charge in [0.05, 0.1) is 7.11 Å². The smallest absolute Gasteiger partial charge is 0.159 e. The molecule has 4 N–H and O–H groups in total. The third-order valence-corrected chi connectivity index (χ3v) is 4.40. The van der Waals surface area contributed by atoms with Gasteiger partial charge in [-0.05, 0) is 30.0 Å². The van der Waals surface area contributed by atoms with Crippen LogP contribution in [-0.4, -0.2) is 23.6 Å². The summed E-state index contributed by atoms with van der Waals surface area (Å²) in [5.41, 5.74) is 7.53. The van der Waals surface area contributed by atoms with E-state index in [4.69, 9.17) is 10.5 Å². The number of nitrogens with two attached hydrogens (primary N) is 1. The van der Waals surface area contributed by atoms with Crippen molar-refractivity contribution in [3.8, 4) is 5.75 Å². The number of nitrogens with zero attached hydrogens (tertiary/aromatic N) is 2. The van der Waals surface area contributed by atoms with E-state index in [0.717, 1.165) is 24.4 Å². The molecule has 0 atom stereocenters. The fourth-order valence-electron chi connectivity index (χ4n) is 2.23. The normalized spacial score (nSPS) is 10.4. The first-order chi connectivity index (χ1) is 11.8. The first-order valence-electron chi connectivity index (χ1n) is 7.54. The summed E-state index contributed by atoms with van der Waals surface area (Å²) in [6.45, 7) is 0.764. The van der Waals surface area contributed by atoms with Crippen molar-refractivity contribution in [3.05, 3.63) is 53.0 Å². The van der Waals surface area contributed by atoms with E-state index in [-0.39, 0.29) is 0 Å². The van der Waals surface area contributed by atoms with Gasteiger partial charge in [-0.25, -0.2) is 9.97 Å². The minimum Gasteiger partial charge on any atom is -0.497 e. The van der Waals surface area contributed by atoms with Crippen LogP contribution < -0.4 is 21.1 Å². The van der Waals surface area contributed by atoms with Gasteiger partial charge in [0.25, 0.3) is 0 Å². The lowest BCUT2D eigenvalue weighted by Crippen LogP contribution is -2.10. The summed E-state index contributed by atoms with van der Waals surface area (Å²) in [6, 6.07) is 11.8. The number of methoxy groups -OCH3 is 1. The van der Waals surface area contributed by atoms with Crippen molar-refractivity contribution in [2.45, 2.75) is 6.42 Å². The first-order valence-corrected chi connectivity index (χ1v) is 8.42. The fourth-order valence-corrected chi connectivity index (χ4v) is 2.94. The number of hydrogen-bond donors (Lipinski definition) is 3. The molecule has 0 radical (unpaired) electrons. The third kappa shape index (κ3) is 3.94. The molecular weight excluding hydrogens is 322 g/mol. The third-order valence-electron chi connectivity index (χ3n) is 3.46. The first kappa shape index (κ1) is 16.1.